The molecule has 0 saturated heterocycles. The Morgan fingerprint density at radius 2 is 2.07 bits per heavy atom. The summed E-state index contributed by atoms with van der Waals surface area (Å²) in [5.74, 6) is 0.856. The van der Waals surface area contributed by atoms with E-state index in [0.29, 0.717) is 0 Å². The van der Waals surface area contributed by atoms with Gasteiger partial charge in [0.15, 0.2) is 0 Å². The van der Waals surface area contributed by atoms with E-state index in [0.717, 1.165) is 12.5 Å². The van der Waals surface area contributed by atoms with Crippen LogP contribution in [0.1, 0.15) is 37.1 Å². The maximum absolute atomic E-state index is 3.56. The predicted molar refractivity (Wildman–Crippen MR) is 69.7 cm³/mol. The molecule has 0 amide bonds. The second-order valence-electron chi connectivity index (χ2n) is 4.16. The summed E-state index contributed by atoms with van der Waals surface area (Å²) < 4.78 is 0. The molecule has 15 heavy (non-hydrogen) atoms. The maximum atomic E-state index is 3.56. The summed E-state index contributed by atoms with van der Waals surface area (Å²) in [5, 5.41) is 5.75. The molecule has 0 unspecified atom stereocenters. The monoisotopic (exact) mass is 225 g/mol. The van der Waals surface area contributed by atoms with Crippen molar-refractivity contribution < 1.29 is 0 Å². The van der Waals surface area contributed by atoms with Gasteiger partial charge in [0.05, 0.1) is 0 Å². The average molecular weight is 225 g/mol. The van der Waals surface area contributed by atoms with E-state index >= 15 is 0 Å². The topological polar surface area (TPSA) is 12.0 Å². The number of rotatable bonds is 7. The SMILES string of the molecule is CCC(CC)CNCCc1sccc1C. The van der Waals surface area contributed by atoms with Crippen LogP contribution in [0.3, 0.4) is 0 Å². The zero-order valence-electron chi connectivity index (χ0n) is 10.2. The molecule has 0 fully saturated rings. The van der Waals surface area contributed by atoms with Gasteiger partial charge in [0.2, 0.25) is 0 Å². The van der Waals surface area contributed by atoms with Crippen LogP contribution in [-0.4, -0.2) is 13.1 Å². The molecule has 1 heterocycles. The highest BCUT2D eigenvalue weighted by molar-refractivity contribution is 7.10. The molecule has 0 saturated carbocycles. The third kappa shape index (κ3) is 4.35. The highest BCUT2D eigenvalue weighted by Crippen LogP contribution is 2.15. The molecule has 1 aromatic rings. The van der Waals surface area contributed by atoms with E-state index in [9.17, 15) is 0 Å². The molecule has 1 nitrogen and oxygen atoms in total. The van der Waals surface area contributed by atoms with Gasteiger partial charge in [-0.15, -0.1) is 11.3 Å². The third-order valence-electron chi connectivity index (χ3n) is 3.08. The number of hydrogen-bond acceptors (Lipinski definition) is 2. The molecular formula is C13H23NS. The number of hydrogen-bond donors (Lipinski definition) is 1. The standard InChI is InChI=1S/C13H23NS/c1-4-12(5-2)10-14-8-6-13-11(3)7-9-15-13/h7,9,12,14H,4-6,8,10H2,1-3H3. The van der Waals surface area contributed by atoms with Gasteiger partial charge in [-0.05, 0) is 49.4 Å². The first-order valence-electron chi connectivity index (χ1n) is 6.01. The summed E-state index contributed by atoms with van der Waals surface area (Å²) in [5.41, 5.74) is 1.45. The van der Waals surface area contributed by atoms with Crippen molar-refractivity contribution in [1.82, 2.24) is 5.32 Å². The van der Waals surface area contributed by atoms with E-state index in [2.05, 4.69) is 37.5 Å². The van der Waals surface area contributed by atoms with Gasteiger partial charge in [0.25, 0.3) is 0 Å². The van der Waals surface area contributed by atoms with Crippen molar-refractivity contribution in [1.29, 1.82) is 0 Å². The number of thiophene rings is 1. The van der Waals surface area contributed by atoms with Crippen molar-refractivity contribution in [3.8, 4) is 0 Å². The van der Waals surface area contributed by atoms with Gasteiger partial charge in [0, 0.05) is 4.88 Å². The van der Waals surface area contributed by atoms with Crippen LogP contribution >= 0.6 is 11.3 Å². The molecule has 1 aromatic heterocycles. The summed E-state index contributed by atoms with van der Waals surface area (Å²) >= 11 is 1.88. The fraction of sp³-hybridized carbons (Fsp3) is 0.692. The molecule has 0 aliphatic rings. The third-order valence-corrected chi connectivity index (χ3v) is 4.17. The molecule has 0 radical (unpaired) electrons. The molecule has 0 aromatic carbocycles. The van der Waals surface area contributed by atoms with Crippen LogP contribution in [0, 0.1) is 12.8 Å². The largest absolute Gasteiger partial charge is 0.316 e. The second-order valence-corrected chi connectivity index (χ2v) is 5.16. The minimum atomic E-state index is 0.856. The zero-order chi connectivity index (χ0) is 11.1. The van der Waals surface area contributed by atoms with Crippen LogP contribution in [0.15, 0.2) is 11.4 Å². The molecule has 2 heteroatoms. The van der Waals surface area contributed by atoms with Gasteiger partial charge in [-0.3, -0.25) is 0 Å². The van der Waals surface area contributed by atoms with Gasteiger partial charge in [-0.1, -0.05) is 26.7 Å². The molecule has 86 valence electrons. The predicted octanol–water partition coefficient (Wildman–Crippen LogP) is 3.62. The molecule has 1 rings (SSSR count). The zero-order valence-corrected chi connectivity index (χ0v) is 11.0. The fourth-order valence-corrected chi connectivity index (χ4v) is 2.66. The summed E-state index contributed by atoms with van der Waals surface area (Å²) in [7, 11) is 0. The highest BCUT2D eigenvalue weighted by Gasteiger charge is 2.03. The van der Waals surface area contributed by atoms with E-state index in [1.165, 1.54) is 36.2 Å². The van der Waals surface area contributed by atoms with Crippen LogP contribution in [0.4, 0.5) is 0 Å². The Labute approximate surface area is 97.9 Å². The Bertz CT molecular complexity index is 263. The van der Waals surface area contributed by atoms with Crippen LogP contribution in [0.2, 0.25) is 0 Å². The van der Waals surface area contributed by atoms with Crippen LogP contribution in [0.25, 0.3) is 0 Å². The van der Waals surface area contributed by atoms with Crippen molar-refractivity contribution in [2.45, 2.75) is 40.0 Å². The van der Waals surface area contributed by atoms with E-state index in [1.54, 1.807) is 0 Å². The van der Waals surface area contributed by atoms with E-state index in [4.69, 9.17) is 0 Å². The molecule has 0 aliphatic heterocycles. The summed E-state index contributed by atoms with van der Waals surface area (Å²) in [6, 6.07) is 2.21. The fourth-order valence-electron chi connectivity index (χ4n) is 1.75. The van der Waals surface area contributed by atoms with Crippen molar-refractivity contribution in [3.63, 3.8) is 0 Å². The van der Waals surface area contributed by atoms with Crippen LogP contribution in [-0.2, 0) is 6.42 Å². The normalized spacial score (nSPS) is 11.2. The Kier molecular flexibility index (Phi) is 5.96. The molecule has 0 aliphatic carbocycles. The lowest BCUT2D eigenvalue weighted by molar-refractivity contribution is 0.452. The lowest BCUT2D eigenvalue weighted by Gasteiger charge is -2.12. The quantitative estimate of drug-likeness (QED) is 0.699. The highest BCUT2D eigenvalue weighted by atomic mass is 32.1. The van der Waals surface area contributed by atoms with E-state index in [-0.39, 0.29) is 0 Å². The first-order chi connectivity index (χ1) is 7.27. The van der Waals surface area contributed by atoms with Gasteiger partial charge in [-0.25, -0.2) is 0 Å². The minimum Gasteiger partial charge on any atom is -0.316 e. The Hall–Kier alpha value is -0.340. The first-order valence-corrected chi connectivity index (χ1v) is 6.89. The average Bonchev–Trinajstić information content (AvgIpc) is 2.65. The first kappa shape index (κ1) is 12.7. The smallest absolute Gasteiger partial charge is 0.00870 e. The van der Waals surface area contributed by atoms with Crippen molar-refractivity contribution in [2.24, 2.45) is 5.92 Å². The lowest BCUT2D eigenvalue weighted by Crippen LogP contribution is -2.24. The van der Waals surface area contributed by atoms with Crippen molar-refractivity contribution in [3.05, 3.63) is 21.9 Å². The van der Waals surface area contributed by atoms with Crippen LogP contribution < -0.4 is 5.32 Å². The van der Waals surface area contributed by atoms with Gasteiger partial charge in [0.1, 0.15) is 0 Å². The number of nitrogens with one attached hydrogen (secondary N) is 1. The van der Waals surface area contributed by atoms with Crippen molar-refractivity contribution in [2.75, 3.05) is 13.1 Å². The Morgan fingerprint density at radius 3 is 2.60 bits per heavy atom. The summed E-state index contributed by atoms with van der Waals surface area (Å²) in [6.45, 7) is 9.06. The van der Waals surface area contributed by atoms with E-state index in [1.807, 2.05) is 11.3 Å². The Morgan fingerprint density at radius 1 is 1.33 bits per heavy atom. The van der Waals surface area contributed by atoms with Gasteiger partial charge in [-0.2, -0.15) is 0 Å². The molecule has 0 spiro atoms. The van der Waals surface area contributed by atoms with Gasteiger partial charge < -0.3 is 5.32 Å². The Balaban J connectivity index is 2.14. The second kappa shape index (κ2) is 7.02. The van der Waals surface area contributed by atoms with Gasteiger partial charge >= 0.3 is 0 Å². The van der Waals surface area contributed by atoms with Crippen LogP contribution in [0.5, 0.6) is 0 Å². The molecule has 1 N–H and O–H groups in total. The summed E-state index contributed by atoms with van der Waals surface area (Å²) in [4.78, 5) is 1.53. The minimum absolute atomic E-state index is 0.856. The van der Waals surface area contributed by atoms with Crippen molar-refractivity contribution >= 4 is 11.3 Å². The number of aryl methyl sites for hydroxylation is 1. The lowest BCUT2D eigenvalue weighted by atomic mass is 10.0. The summed E-state index contributed by atoms with van der Waals surface area (Å²) in [6.07, 6.45) is 3.77. The molecule has 0 bridgehead atoms. The molecule has 0 atom stereocenters. The van der Waals surface area contributed by atoms with E-state index < -0.39 is 0 Å². The molecular weight excluding hydrogens is 202 g/mol. The maximum Gasteiger partial charge on any atom is 0.00870 e.